The molecular weight excluding hydrogens is 222 g/mol. The molecule has 18 heavy (non-hydrogen) atoms. The highest BCUT2D eigenvalue weighted by atomic mass is 16.3. The molecule has 1 aliphatic carbocycles. The second-order valence-corrected chi connectivity index (χ2v) is 6.33. The van der Waals surface area contributed by atoms with Gasteiger partial charge in [0.1, 0.15) is 0 Å². The summed E-state index contributed by atoms with van der Waals surface area (Å²) in [6, 6.07) is 11.3. The molecule has 1 heterocycles. The molecular formula is C16H23NO. The Morgan fingerprint density at radius 3 is 2.83 bits per heavy atom. The Bertz CT molecular complexity index is 401. The van der Waals surface area contributed by atoms with Crippen LogP contribution in [0.2, 0.25) is 0 Å². The van der Waals surface area contributed by atoms with Crippen molar-refractivity contribution in [3.05, 3.63) is 35.9 Å². The molecule has 1 aromatic carbocycles. The van der Waals surface area contributed by atoms with Gasteiger partial charge < -0.3 is 5.11 Å². The van der Waals surface area contributed by atoms with Gasteiger partial charge in [-0.1, -0.05) is 30.3 Å². The Labute approximate surface area is 110 Å². The SMILES string of the molecule is CC1(O)CC2CCCN(Cc3ccccc3)C2C1. The summed E-state index contributed by atoms with van der Waals surface area (Å²) in [5.41, 5.74) is 0.957. The first-order chi connectivity index (χ1) is 8.64. The summed E-state index contributed by atoms with van der Waals surface area (Å²) in [5.74, 6) is 0.706. The van der Waals surface area contributed by atoms with Crippen LogP contribution in [0.15, 0.2) is 30.3 Å². The minimum atomic E-state index is -0.436. The molecule has 0 aromatic heterocycles. The third-order valence-electron chi connectivity index (χ3n) is 4.61. The van der Waals surface area contributed by atoms with Gasteiger partial charge >= 0.3 is 0 Å². The topological polar surface area (TPSA) is 23.5 Å². The zero-order valence-electron chi connectivity index (χ0n) is 11.2. The van der Waals surface area contributed by atoms with Gasteiger partial charge in [0.05, 0.1) is 5.60 Å². The van der Waals surface area contributed by atoms with E-state index in [2.05, 4.69) is 35.2 Å². The molecule has 0 amide bonds. The number of hydrogen-bond acceptors (Lipinski definition) is 2. The van der Waals surface area contributed by atoms with Crippen LogP contribution in [-0.2, 0) is 6.54 Å². The van der Waals surface area contributed by atoms with Gasteiger partial charge in [-0.3, -0.25) is 4.90 Å². The van der Waals surface area contributed by atoms with Crippen molar-refractivity contribution in [3.8, 4) is 0 Å². The van der Waals surface area contributed by atoms with E-state index in [0.29, 0.717) is 12.0 Å². The number of benzene rings is 1. The lowest BCUT2D eigenvalue weighted by Gasteiger charge is -2.37. The average Bonchev–Trinajstić information content (AvgIpc) is 2.66. The number of aliphatic hydroxyl groups is 1. The van der Waals surface area contributed by atoms with Gasteiger partial charge in [0.15, 0.2) is 0 Å². The van der Waals surface area contributed by atoms with E-state index in [1.807, 2.05) is 6.92 Å². The third kappa shape index (κ3) is 2.45. The van der Waals surface area contributed by atoms with Crippen LogP contribution >= 0.6 is 0 Å². The summed E-state index contributed by atoms with van der Waals surface area (Å²) >= 11 is 0. The molecule has 1 saturated heterocycles. The van der Waals surface area contributed by atoms with Crippen molar-refractivity contribution >= 4 is 0 Å². The molecule has 0 bridgehead atoms. The molecule has 2 fully saturated rings. The maximum Gasteiger partial charge on any atom is 0.0638 e. The first-order valence-electron chi connectivity index (χ1n) is 7.14. The molecule has 1 N–H and O–H groups in total. The van der Waals surface area contributed by atoms with Crippen LogP contribution < -0.4 is 0 Å². The van der Waals surface area contributed by atoms with Crippen molar-refractivity contribution in [2.75, 3.05) is 6.54 Å². The molecule has 2 heteroatoms. The normalized spacial score (nSPS) is 36.6. The lowest BCUT2D eigenvalue weighted by atomic mass is 9.91. The predicted molar refractivity (Wildman–Crippen MR) is 73.2 cm³/mol. The fraction of sp³-hybridized carbons (Fsp3) is 0.625. The molecule has 3 atom stereocenters. The summed E-state index contributed by atoms with van der Waals surface area (Å²) in [6.07, 6.45) is 4.52. The zero-order valence-corrected chi connectivity index (χ0v) is 11.2. The van der Waals surface area contributed by atoms with Crippen molar-refractivity contribution in [1.82, 2.24) is 4.90 Å². The number of fused-ring (bicyclic) bond motifs is 1. The highest BCUT2D eigenvalue weighted by molar-refractivity contribution is 5.15. The van der Waals surface area contributed by atoms with Crippen LogP contribution in [0.3, 0.4) is 0 Å². The van der Waals surface area contributed by atoms with Gasteiger partial charge in [0.2, 0.25) is 0 Å². The smallest absolute Gasteiger partial charge is 0.0638 e. The van der Waals surface area contributed by atoms with Crippen LogP contribution in [-0.4, -0.2) is 28.2 Å². The van der Waals surface area contributed by atoms with E-state index in [-0.39, 0.29) is 0 Å². The molecule has 1 aromatic rings. The maximum absolute atomic E-state index is 10.3. The molecule has 1 aliphatic heterocycles. The summed E-state index contributed by atoms with van der Waals surface area (Å²) in [7, 11) is 0. The molecule has 2 aliphatic rings. The molecule has 0 spiro atoms. The lowest BCUT2D eigenvalue weighted by Crippen LogP contribution is -2.42. The van der Waals surface area contributed by atoms with Gasteiger partial charge in [-0.15, -0.1) is 0 Å². The fourth-order valence-corrected chi connectivity index (χ4v) is 3.86. The number of piperidine rings is 1. The largest absolute Gasteiger partial charge is 0.390 e. The Hall–Kier alpha value is -0.860. The maximum atomic E-state index is 10.3. The van der Waals surface area contributed by atoms with E-state index >= 15 is 0 Å². The number of nitrogens with zero attached hydrogens (tertiary/aromatic N) is 1. The predicted octanol–water partition coefficient (Wildman–Crippen LogP) is 2.81. The van der Waals surface area contributed by atoms with Crippen LogP contribution in [0.1, 0.15) is 38.2 Å². The molecule has 0 radical (unpaired) electrons. The van der Waals surface area contributed by atoms with Crippen LogP contribution in [0, 0.1) is 5.92 Å². The Kier molecular flexibility index (Phi) is 3.16. The second kappa shape index (κ2) is 4.67. The standard InChI is InChI=1S/C16H23NO/c1-16(18)10-14-8-5-9-17(15(14)11-16)12-13-6-3-2-4-7-13/h2-4,6-7,14-15,18H,5,8-12H2,1H3. The first kappa shape index (κ1) is 12.2. The van der Waals surface area contributed by atoms with Gasteiger partial charge in [0, 0.05) is 12.6 Å². The first-order valence-corrected chi connectivity index (χ1v) is 7.14. The number of rotatable bonds is 2. The molecule has 3 unspecified atom stereocenters. The Morgan fingerprint density at radius 1 is 1.28 bits per heavy atom. The molecule has 1 saturated carbocycles. The summed E-state index contributed by atoms with van der Waals surface area (Å²) in [5, 5.41) is 10.3. The number of hydrogen-bond donors (Lipinski definition) is 1. The minimum Gasteiger partial charge on any atom is -0.390 e. The van der Waals surface area contributed by atoms with Crippen molar-refractivity contribution < 1.29 is 5.11 Å². The quantitative estimate of drug-likeness (QED) is 0.866. The summed E-state index contributed by atoms with van der Waals surface area (Å²) < 4.78 is 0. The zero-order chi connectivity index (χ0) is 12.6. The van der Waals surface area contributed by atoms with E-state index in [0.717, 1.165) is 19.4 Å². The lowest BCUT2D eigenvalue weighted by molar-refractivity contribution is 0.0557. The van der Waals surface area contributed by atoms with Gasteiger partial charge in [0.25, 0.3) is 0 Å². The summed E-state index contributed by atoms with van der Waals surface area (Å²) in [6.45, 7) is 4.23. The van der Waals surface area contributed by atoms with Crippen molar-refractivity contribution in [2.24, 2.45) is 5.92 Å². The summed E-state index contributed by atoms with van der Waals surface area (Å²) in [4.78, 5) is 2.59. The van der Waals surface area contributed by atoms with E-state index in [1.54, 1.807) is 0 Å². The number of likely N-dealkylation sites (tertiary alicyclic amines) is 1. The molecule has 2 nitrogen and oxygen atoms in total. The van der Waals surface area contributed by atoms with Crippen molar-refractivity contribution in [2.45, 2.75) is 50.8 Å². The van der Waals surface area contributed by atoms with Gasteiger partial charge in [-0.25, -0.2) is 0 Å². The van der Waals surface area contributed by atoms with E-state index in [1.165, 1.54) is 24.9 Å². The molecule has 98 valence electrons. The van der Waals surface area contributed by atoms with Crippen LogP contribution in [0.4, 0.5) is 0 Å². The fourth-order valence-electron chi connectivity index (χ4n) is 3.86. The third-order valence-corrected chi connectivity index (χ3v) is 4.61. The highest BCUT2D eigenvalue weighted by Crippen LogP contribution is 2.42. The van der Waals surface area contributed by atoms with Crippen LogP contribution in [0.5, 0.6) is 0 Å². The highest BCUT2D eigenvalue weighted by Gasteiger charge is 2.44. The Morgan fingerprint density at radius 2 is 2.06 bits per heavy atom. The second-order valence-electron chi connectivity index (χ2n) is 6.33. The monoisotopic (exact) mass is 245 g/mol. The molecule has 3 rings (SSSR count). The Balaban J connectivity index is 1.72. The van der Waals surface area contributed by atoms with E-state index in [9.17, 15) is 5.11 Å². The van der Waals surface area contributed by atoms with Gasteiger partial charge in [-0.2, -0.15) is 0 Å². The van der Waals surface area contributed by atoms with Crippen molar-refractivity contribution in [3.63, 3.8) is 0 Å². The van der Waals surface area contributed by atoms with Crippen molar-refractivity contribution in [1.29, 1.82) is 0 Å². The average molecular weight is 245 g/mol. The van der Waals surface area contributed by atoms with Gasteiger partial charge in [-0.05, 0) is 50.6 Å². The van der Waals surface area contributed by atoms with Crippen LogP contribution in [0.25, 0.3) is 0 Å². The van der Waals surface area contributed by atoms with E-state index < -0.39 is 5.60 Å². The van der Waals surface area contributed by atoms with E-state index in [4.69, 9.17) is 0 Å². The minimum absolute atomic E-state index is 0.436.